The molecule has 41 heavy (non-hydrogen) atoms. The van der Waals surface area contributed by atoms with Crippen molar-refractivity contribution in [2.75, 3.05) is 10.8 Å². The predicted molar refractivity (Wildman–Crippen MR) is 164 cm³/mol. The van der Waals surface area contributed by atoms with Crippen LogP contribution in [0.1, 0.15) is 50.2 Å². The number of para-hydroxylation sites is 1. The van der Waals surface area contributed by atoms with Crippen LogP contribution in [0.25, 0.3) is 0 Å². The summed E-state index contributed by atoms with van der Waals surface area (Å²) in [6.07, 6.45) is 5.00. The monoisotopic (exact) mass is 615 g/mol. The van der Waals surface area contributed by atoms with Crippen molar-refractivity contribution in [3.63, 3.8) is 0 Å². The number of halogens is 2. The minimum atomic E-state index is -4.13. The van der Waals surface area contributed by atoms with Gasteiger partial charge in [-0.2, -0.15) is 0 Å². The standard InChI is InChI=1S/C31H35Cl2N3O4S/c1-22-12-9-10-19-29(22)36(41(39,40)25-15-7-4-8-16-25)21-30(37)35(20-26-27(32)17-11-18-28(26)33)23(2)31(38)34-24-13-5-3-6-14-24/h4,7-12,15-19,23-24H,3,5-6,13-14,20-21H2,1-2H3,(H,34,38). The number of nitrogens with one attached hydrogen (secondary N) is 1. The molecule has 3 aromatic rings. The Morgan fingerprint density at radius 3 is 2.15 bits per heavy atom. The van der Waals surface area contributed by atoms with Gasteiger partial charge >= 0.3 is 0 Å². The molecule has 0 saturated heterocycles. The highest BCUT2D eigenvalue weighted by Crippen LogP contribution is 2.29. The number of rotatable bonds is 10. The van der Waals surface area contributed by atoms with Crippen LogP contribution < -0.4 is 9.62 Å². The highest BCUT2D eigenvalue weighted by atomic mass is 35.5. The molecule has 10 heteroatoms. The molecule has 1 unspecified atom stereocenters. The summed E-state index contributed by atoms with van der Waals surface area (Å²) < 4.78 is 28.9. The summed E-state index contributed by atoms with van der Waals surface area (Å²) in [6.45, 7) is 2.84. The zero-order chi connectivity index (χ0) is 29.6. The first-order valence-electron chi connectivity index (χ1n) is 13.8. The van der Waals surface area contributed by atoms with Crippen LogP contribution in [0, 0.1) is 6.92 Å². The Morgan fingerprint density at radius 2 is 1.51 bits per heavy atom. The van der Waals surface area contributed by atoms with Crippen molar-refractivity contribution < 1.29 is 18.0 Å². The second-order valence-electron chi connectivity index (χ2n) is 10.4. The van der Waals surface area contributed by atoms with Gasteiger partial charge < -0.3 is 10.2 Å². The summed E-state index contributed by atoms with van der Waals surface area (Å²) in [5.74, 6) is -0.864. The van der Waals surface area contributed by atoms with Crippen molar-refractivity contribution in [3.05, 3.63) is 94.0 Å². The number of aryl methyl sites for hydroxylation is 1. The molecule has 2 amide bonds. The first-order valence-corrected chi connectivity index (χ1v) is 16.0. The number of amides is 2. The predicted octanol–water partition coefficient (Wildman–Crippen LogP) is 6.36. The maximum atomic E-state index is 14.1. The Kier molecular flexibility index (Phi) is 10.3. The van der Waals surface area contributed by atoms with Crippen LogP contribution in [0.5, 0.6) is 0 Å². The van der Waals surface area contributed by atoms with Gasteiger partial charge in [0, 0.05) is 28.2 Å². The van der Waals surface area contributed by atoms with Gasteiger partial charge in [0.1, 0.15) is 12.6 Å². The van der Waals surface area contributed by atoms with Crippen molar-refractivity contribution in [1.29, 1.82) is 0 Å². The quantitative estimate of drug-likeness (QED) is 0.287. The van der Waals surface area contributed by atoms with Gasteiger partial charge in [-0.25, -0.2) is 8.42 Å². The van der Waals surface area contributed by atoms with E-state index in [1.807, 2.05) is 0 Å². The fourth-order valence-corrected chi connectivity index (χ4v) is 7.10. The van der Waals surface area contributed by atoms with Crippen molar-refractivity contribution in [3.8, 4) is 0 Å². The van der Waals surface area contributed by atoms with E-state index in [0.717, 1.165) is 36.4 Å². The summed E-state index contributed by atoms with van der Waals surface area (Å²) in [6, 6.07) is 19.1. The maximum absolute atomic E-state index is 14.1. The van der Waals surface area contributed by atoms with E-state index in [1.54, 1.807) is 74.5 Å². The van der Waals surface area contributed by atoms with E-state index in [9.17, 15) is 18.0 Å². The van der Waals surface area contributed by atoms with E-state index < -0.39 is 28.5 Å². The molecular formula is C31H35Cl2N3O4S. The molecule has 4 rings (SSSR count). The second-order valence-corrected chi connectivity index (χ2v) is 13.0. The molecule has 3 aromatic carbocycles. The van der Waals surface area contributed by atoms with Crippen LogP contribution in [0.3, 0.4) is 0 Å². The molecule has 1 atom stereocenters. The topological polar surface area (TPSA) is 86.8 Å². The highest BCUT2D eigenvalue weighted by molar-refractivity contribution is 7.92. The van der Waals surface area contributed by atoms with E-state index in [2.05, 4.69) is 5.32 Å². The number of hydrogen-bond donors (Lipinski definition) is 1. The van der Waals surface area contributed by atoms with Gasteiger partial charge in [0.2, 0.25) is 11.8 Å². The summed E-state index contributed by atoms with van der Waals surface area (Å²) >= 11 is 12.9. The Labute approximate surface area is 252 Å². The first kappa shape index (κ1) is 30.9. The van der Waals surface area contributed by atoms with Gasteiger partial charge in [-0.05, 0) is 62.6 Å². The molecule has 0 radical (unpaired) electrons. The zero-order valence-electron chi connectivity index (χ0n) is 23.2. The number of anilines is 1. The van der Waals surface area contributed by atoms with E-state index in [1.165, 1.54) is 17.0 Å². The smallest absolute Gasteiger partial charge is 0.264 e. The molecule has 1 aliphatic rings. The molecule has 0 heterocycles. The largest absolute Gasteiger partial charge is 0.352 e. The van der Waals surface area contributed by atoms with Gasteiger partial charge in [0.25, 0.3) is 10.0 Å². The Morgan fingerprint density at radius 1 is 0.902 bits per heavy atom. The lowest BCUT2D eigenvalue weighted by atomic mass is 9.95. The third kappa shape index (κ3) is 7.42. The summed E-state index contributed by atoms with van der Waals surface area (Å²) in [7, 11) is -4.13. The van der Waals surface area contributed by atoms with Crippen molar-refractivity contribution in [2.45, 2.75) is 69.5 Å². The number of hydrogen-bond acceptors (Lipinski definition) is 4. The average molecular weight is 617 g/mol. The number of nitrogens with zero attached hydrogens (tertiary/aromatic N) is 2. The number of benzene rings is 3. The first-order chi connectivity index (χ1) is 19.6. The van der Waals surface area contributed by atoms with Gasteiger partial charge in [0.15, 0.2) is 0 Å². The molecule has 218 valence electrons. The van der Waals surface area contributed by atoms with Crippen molar-refractivity contribution in [2.24, 2.45) is 0 Å². The van der Waals surface area contributed by atoms with Crippen LogP contribution in [0.2, 0.25) is 10.0 Å². The number of sulfonamides is 1. The lowest BCUT2D eigenvalue weighted by Crippen LogP contribution is -2.53. The molecule has 1 N–H and O–H groups in total. The zero-order valence-corrected chi connectivity index (χ0v) is 25.6. The number of carbonyl (C=O) groups excluding carboxylic acids is 2. The Hall–Kier alpha value is -3.07. The fourth-order valence-electron chi connectivity index (χ4n) is 5.08. The minimum Gasteiger partial charge on any atom is -0.352 e. The van der Waals surface area contributed by atoms with Gasteiger partial charge in [0.05, 0.1) is 10.6 Å². The lowest BCUT2D eigenvalue weighted by molar-refractivity contribution is -0.139. The van der Waals surface area contributed by atoms with E-state index >= 15 is 0 Å². The minimum absolute atomic E-state index is 0.0430. The fraction of sp³-hybridized carbons (Fsp3) is 0.355. The molecule has 0 spiro atoms. The summed E-state index contributed by atoms with van der Waals surface area (Å²) in [5.41, 5.74) is 1.54. The van der Waals surface area contributed by atoms with Gasteiger partial charge in [-0.3, -0.25) is 13.9 Å². The molecule has 1 saturated carbocycles. The van der Waals surface area contributed by atoms with Gasteiger partial charge in [-0.1, -0.05) is 84.9 Å². The summed E-state index contributed by atoms with van der Waals surface area (Å²) in [4.78, 5) is 29.0. The lowest BCUT2D eigenvalue weighted by Gasteiger charge is -2.34. The molecule has 1 fully saturated rings. The van der Waals surface area contributed by atoms with E-state index in [0.29, 0.717) is 26.9 Å². The molecular weight excluding hydrogens is 581 g/mol. The molecule has 7 nitrogen and oxygen atoms in total. The van der Waals surface area contributed by atoms with Crippen LogP contribution in [-0.2, 0) is 26.2 Å². The SMILES string of the molecule is Cc1ccccc1N(CC(=O)N(Cc1c(Cl)cccc1Cl)C(C)C(=O)NC1CCCCC1)S(=O)(=O)c1ccccc1. The second kappa shape index (κ2) is 13.7. The maximum Gasteiger partial charge on any atom is 0.264 e. The van der Waals surface area contributed by atoms with Crippen LogP contribution in [-0.4, -0.2) is 43.8 Å². The molecule has 0 bridgehead atoms. The molecule has 1 aliphatic carbocycles. The Balaban J connectivity index is 1.71. The van der Waals surface area contributed by atoms with Crippen LogP contribution in [0.15, 0.2) is 77.7 Å². The molecule has 0 aromatic heterocycles. The van der Waals surface area contributed by atoms with Crippen LogP contribution >= 0.6 is 23.2 Å². The number of carbonyl (C=O) groups is 2. The Bertz CT molecular complexity index is 1460. The third-order valence-electron chi connectivity index (χ3n) is 7.50. The van der Waals surface area contributed by atoms with Crippen molar-refractivity contribution in [1.82, 2.24) is 10.2 Å². The van der Waals surface area contributed by atoms with E-state index in [-0.39, 0.29) is 23.4 Å². The average Bonchev–Trinajstić information content (AvgIpc) is 2.96. The van der Waals surface area contributed by atoms with E-state index in [4.69, 9.17) is 23.2 Å². The highest BCUT2D eigenvalue weighted by Gasteiger charge is 2.34. The summed E-state index contributed by atoms with van der Waals surface area (Å²) in [5, 5.41) is 3.79. The van der Waals surface area contributed by atoms with Gasteiger partial charge in [-0.15, -0.1) is 0 Å². The molecule has 0 aliphatic heterocycles. The van der Waals surface area contributed by atoms with Crippen molar-refractivity contribution >= 4 is 50.7 Å². The van der Waals surface area contributed by atoms with Crippen LogP contribution in [0.4, 0.5) is 5.69 Å². The third-order valence-corrected chi connectivity index (χ3v) is 9.99. The normalized spacial score (nSPS) is 14.7.